The van der Waals surface area contributed by atoms with Crippen molar-refractivity contribution in [1.82, 2.24) is 10.2 Å². The van der Waals surface area contributed by atoms with E-state index in [0.29, 0.717) is 19.5 Å². The number of carbonyl (C=O) groups excluding carboxylic acids is 1. The molecule has 0 aromatic heterocycles. The fourth-order valence-electron chi connectivity index (χ4n) is 1.33. The van der Waals surface area contributed by atoms with Crippen LogP contribution in [0.5, 0.6) is 0 Å². The van der Waals surface area contributed by atoms with Crippen molar-refractivity contribution < 1.29 is 14.6 Å². The molecule has 2 N–H and O–H groups in total. The number of β-amino-alcohol motifs (C(OH)–C–C–N with tert-alkyl or cyclic N) is 1. The van der Waals surface area contributed by atoms with Gasteiger partial charge in [0.2, 0.25) is 6.41 Å². The van der Waals surface area contributed by atoms with Crippen LogP contribution in [0.4, 0.5) is 0 Å². The standard InChI is InChI=1S/C8H16N2O3/c11-7-9-5-8(12)6-10-1-3-13-4-2-10/h7-8,12H,1-6H2,(H,9,11). The molecule has 0 aliphatic carbocycles. The van der Waals surface area contributed by atoms with E-state index < -0.39 is 6.10 Å². The molecule has 1 aliphatic heterocycles. The van der Waals surface area contributed by atoms with Crippen molar-refractivity contribution >= 4 is 6.41 Å². The Hall–Kier alpha value is -0.650. The van der Waals surface area contributed by atoms with E-state index in [0.717, 1.165) is 26.3 Å². The van der Waals surface area contributed by atoms with Crippen LogP contribution in [0, 0.1) is 0 Å². The summed E-state index contributed by atoms with van der Waals surface area (Å²) >= 11 is 0. The molecule has 13 heavy (non-hydrogen) atoms. The number of nitrogens with one attached hydrogen (secondary N) is 1. The summed E-state index contributed by atoms with van der Waals surface area (Å²) in [5, 5.41) is 11.9. The average Bonchev–Trinajstić information content (AvgIpc) is 2.16. The number of morpholine rings is 1. The summed E-state index contributed by atoms with van der Waals surface area (Å²) in [5.41, 5.74) is 0. The molecule has 5 nitrogen and oxygen atoms in total. The third-order valence-corrected chi connectivity index (χ3v) is 2.01. The summed E-state index contributed by atoms with van der Waals surface area (Å²) in [5.74, 6) is 0. The third-order valence-electron chi connectivity index (χ3n) is 2.01. The summed E-state index contributed by atoms with van der Waals surface area (Å²) in [7, 11) is 0. The van der Waals surface area contributed by atoms with Gasteiger partial charge in [0.15, 0.2) is 0 Å². The van der Waals surface area contributed by atoms with Crippen LogP contribution >= 0.6 is 0 Å². The minimum absolute atomic E-state index is 0.320. The van der Waals surface area contributed by atoms with Crippen molar-refractivity contribution in [2.24, 2.45) is 0 Å². The van der Waals surface area contributed by atoms with Crippen molar-refractivity contribution in [2.45, 2.75) is 6.10 Å². The molecule has 76 valence electrons. The van der Waals surface area contributed by atoms with E-state index >= 15 is 0 Å². The van der Waals surface area contributed by atoms with Crippen LogP contribution in [-0.2, 0) is 9.53 Å². The smallest absolute Gasteiger partial charge is 0.207 e. The van der Waals surface area contributed by atoms with E-state index in [1.54, 1.807) is 0 Å². The van der Waals surface area contributed by atoms with Crippen molar-refractivity contribution in [3.63, 3.8) is 0 Å². The molecule has 1 aliphatic rings. The van der Waals surface area contributed by atoms with Gasteiger partial charge in [-0.2, -0.15) is 0 Å². The highest BCUT2D eigenvalue weighted by Crippen LogP contribution is 1.97. The Balaban J connectivity index is 2.10. The highest BCUT2D eigenvalue weighted by Gasteiger charge is 2.13. The van der Waals surface area contributed by atoms with Gasteiger partial charge in [0.1, 0.15) is 0 Å². The minimum Gasteiger partial charge on any atom is -0.390 e. The average molecular weight is 188 g/mol. The molecule has 0 spiro atoms. The fraction of sp³-hybridized carbons (Fsp3) is 0.875. The number of hydrogen-bond acceptors (Lipinski definition) is 4. The number of carbonyl (C=O) groups is 1. The van der Waals surface area contributed by atoms with Crippen molar-refractivity contribution in [1.29, 1.82) is 0 Å². The monoisotopic (exact) mass is 188 g/mol. The predicted octanol–water partition coefficient (Wildman–Crippen LogP) is -1.57. The lowest BCUT2D eigenvalue weighted by Crippen LogP contribution is -2.43. The van der Waals surface area contributed by atoms with Gasteiger partial charge in [0.05, 0.1) is 19.3 Å². The summed E-state index contributed by atoms with van der Waals surface area (Å²) in [4.78, 5) is 12.1. The van der Waals surface area contributed by atoms with Gasteiger partial charge in [-0.15, -0.1) is 0 Å². The Labute approximate surface area is 77.7 Å². The molecule has 1 rings (SSSR count). The SMILES string of the molecule is O=CNCC(O)CN1CCOCC1. The molecular weight excluding hydrogens is 172 g/mol. The first kappa shape index (κ1) is 10.4. The number of nitrogens with zero attached hydrogens (tertiary/aromatic N) is 1. The van der Waals surface area contributed by atoms with Crippen LogP contribution in [0.15, 0.2) is 0 Å². The summed E-state index contributed by atoms with van der Waals surface area (Å²) in [6.07, 6.45) is 0.117. The third kappa shape index (κ3) is 4.21. The first-order chi connectivity index (χ1) is 6.33. The van der Waals surface area contributed by atoms with Crippen LogP contribution in [0.25, 0.3) is 0 Å². The van der Waals surface area contributed by atoms with Gasteiger partial charge in [-0.1, -0.05) is 0 Å². The molecule has 1 saturated heterocycles. The fourth-order valence-corrected chi connectivity index (χ4v) is 1.33. The molecule has 1 amide bonds. The van der Waals surface area contributed by atoms with Gasteiger partial charge in [-0.25, -0.2) is 0 Å². The van der Waals surface area contributed by atoms with Crippen molar-refractivity contribution in [3.05, 3.63) is 0 Å². The van der Waals surface area contributed by atoms with E-state index in [2.05, 4.69) is 10.2 Å². The van der Waals surface area contributed by atoms with E-state index in [4.69, 9.17) is 4.74 Å². The molecule has 1 unspecified atom stereocenters. The second-order valence-corrected chi connectivity index (χ2v) is 3.09. The first-order valence-corrected chi connectivity index (χ1v) is 4.48. The summed E-state index contributed by atoms with van der Waals surface area (Å²) in [6.45, 7) is 4.10. The van der Waals surface area contributed by atoms with Crippen LogP contribution in [-0.4, -0.2) is 61.9 Å². The minimum atomic E-state index is -0.483. The highest BCUT2D eigenvalue weighted by molar-refractivity contribution is 5.45. The van der Waals surface area contributed by atoms with Crippen LogP contribution in [0.3, 0.4) is 0 Å². The van der Waals surface area contributed by atoms with E-state index in [-0.39, 0.29) is 0 Å². The van der Waals surface area contributed by atoms with E-state index in [1.807, 2.05) is 0 Å². The van der Waals surface area contributed by atoms with Gasteiger partial charge < -0.3 is 15.2 Å². The maximum Gasteiger partial charge on any atom is 0.207 e. The Bertz CT molecular complexity index is 148. The molecule has 0 aromatic rings. The van der Waals surface area contributed by atoms with Crippen LogP contribution in [0.2, 0.25) is 0 Å². The van der Waals surface area contributed by atoms with Gasteiger partial charge in [-0.05, 0) is 0 Å². The normalized spacial score (nSPS) is 21.0. The molecule has 0 radical (unpaired) electrons. The lowest BCUT2D eigenvalue weighted by molar-refractivity contribution is -0.110. The van der Waals surface area contributed by atoms with Crippen molar-refractivity contribution in [3.8, 4) is 0 Å². The van der Waals surface area contributed by atoms with Crippen molar-refractivity contribution in [2.75, 3.05) is 39.4 Å². The second kappa shape index (κ2) is 5.90. The van der Waals surface area contributed by atoms with Crippen LogP contribution < -0.4 is 5.32 Å². The maximum absolute atomic E-state index is 9.95. The Morgan fingerprint density at radius 3 is 2.85 bits per heavy atom. The topological polar surface area (TPSA) is 61.8 Å². The quantitative estimate of drug-likeness (QED) is 0.511. The molecule has 1 atom stereocenters. The number of amides is 1. The highest BCUT2D eigenvalue weighted by atomic mass is 16.5. The van der Waals surface area contributed by atoms with Gasteiger partial charge in [0.25, 0.3) is 0 Å². The zero-order chi connectivity index (χ0) is 9.52. The number of aliphatic hydroxyl groups is 1. The predicted molar refractivity (Wildman–Crippen MR) is 47.3 cm³/mol. The van der Waals surface area contributed by atoms with Crippen LogP contribution in [0.1, 0.15) is 0 Å². The Morgan fingerprint density at radius 2 is 2.23 bits per heavy atom. The zero-order valence-corrected chi connectivity index (χ0v) is 7.61. The lowest BCUT2D eigenvalue weighted by atomic mass is 10.3. The zero-order valence-electron chi connectivity index (χ0n) is 7.61. The van der Waals surface area contributed by atoms with Gasteiger partial charge in [-0.3, -0.25) is 9.69 Å². The summed E-state index contributed by atoms with van der Waals surface area (Å²) in [6, 6.07) is 0. The maximum atomic E-state index is 9.95. The number of rotatable bonds is 5. The number of aliphatic hydroxyl groups excluding tert-OH is 1. The van der Waals surface area contributed by atoms with Gasteiger partial charge >= 0.3 is 0 Å². The molecule has 0 bridgehead atoms. The summed E-state index contributed by atoms with van der Waals surface area (Å²) < 4.78 is 5.17. The Morgan fingerprint density at radius 1 is 1.54 bits per heavy atom. The Kier molecular flexibility index (Phi) is 4.74. The second-order valence-electron chi connectivity index (χ2n) is 3.09. The molecular formula is C8H16N2O3. The first-order valence-electron chi connectivity index (χ1n) is 4.48. The molecule has 5 heteroatoms. The lowest BCUT2D eigenvalue weighted by Gasteiger charge is -2.28. The number of hydrogen-bond donors (Lipinski definition) is 2. The molecule has 0 saturated carbocycles. The van der Waals surface area contributed by atoms with Gasteiger partial charge in [0, 0.05) is 26.2 Å². The van der Waals surface area contributed by atoms with E-state index in [1.165, 1.54) is 0 Å². The molecule has 1 heterocycles. The molecule has 1 fully saturated rings. The number of ether oxygens (including phenoxy) is 1. The largest absolute Gasteiger partial charge is 0.390 e. The molecule has 0 aromatic carbocycles. The van der Waals surface area contributed by atoms with E-state index in [9.17, 15) is 9.90 Å².